The highest BCUT2D eigenvalue weighted by molar-refractivity contribution is 7.89. The highest BCUT2D eigenvalue weighted by atomic mass is 35.5. The summed E-state index contributed by atoms with van der Waals surface area (Å²) in [5.41, 5.74) is 0. The summed E-state index contributed by atoms with van der Waals surface area (Å²) in [4.78, 5) is 14.1. The van der Waals surface area contributed by atoms with E-state index in [2.05, 4.69) is 4.72 Å². The van der Waals surface area contributed by atoms with E-state index >= 15 is 0 Å². The molecule has 0 saturated carbocycles. The molecule has 0 bridgehead atoms. The Kier molecular flexibility index (Phi) is 5.83. The second kappa shape index (κ2) is 7.44. The van der Waals surface area contributed by atoms with Crippen molar-refractivity contribution in [2.45, 2.75) is 43.5 Å². The average molecular weight is 345 g/mol. The predicted octanol–water partition coefficient (Wildman–Crippen LogP) is 2.41. The predicted molar refractivity (Wildman–Crippen MR) is 86.3 cm³/mol. The molecule has 1 atom stereocenters. The second-order valence-corrected chi connectivity index (χ2v) is 7.74. The molecule has 1 saturated heterocycles. The average Bonchev–Trinajstić information content (AvgIpc) is 2.48. The second-order valence-electron chi connectivity index (χ2n) is 5.53. The molecule has 0 radical (unpaired) electrons. The fraction of sp³-hybridized carbons (Fsp3) is 0.533. The molecule has 122 valence electrons. The minimum atomic E-state index is -3.60. The molecule has 1 aliphatic rings. The number of nitrogens with one attached hydrogen (secondary N) is 1. The Hall–Kier alpha value is -1.11. The molecule has 0 aliphatic carbocycles. The van der Waals surface area contributed by atoms with E-state index in [1.54, 1.807) is 0 Å². The zero-order chi connectivity index (χ0) is 16.2. The normalized spacial score (nSPS) is 19.2. The van der Waals surface area contributed by atoms with E-state index in [0.717, 1.165) is 25.8 Å². The number of nitrogens with zero attached hydrogens (tertiary/aromatic N) is 1. The maximum Gasteiger partial charge on any atom is 0.240 e. The molecule has 0 aromatic heterocycles. The van der Waals surface area contributed by atoms with Crippen molar-refractivity contribution in [3.05, 3.63) is 29.3 Å². The molecule has 5 nitrogen and oxygen atoms in total. The van der Waals surface area contributed by atoms with Gasteiger partial charge >= 0.3 is 0 Å². The lowest BCUT2D eigenvalue weighted by atomic mass is 10.0. The number of sulfonamides is 1. The van der Waals surface area contributed by atoms with Gasteiger partial charge in [-0.15, -0.1) is 0 Å². The molecule has 1 N–H and O–H groups in total. The Labute approximate surface area is 136 Å². The van der Waals surface area contributed by atoms with Crippen LogP contribution in [0, 0.1) is 0 Å². The lowest BCUT2D eigenvalue weighted by Crippen LogP contribution is -2.43. The van der Waals surface area contributed by atoms with E-state index in [1.165, 1.54) is 24.3 Å². The zero-order valence-electron chi connectivity index (χ0n) is 12.6. The Morgan fingerprint density at radius 2 is 2.00 bits per heavy atom. The highest BCUT2D eigenvalue weighted by Gasteiger charge is 2.23. The molecule has 1 amide bonds. The molecule has 2 rings (SSSR count). The summed E-state index contributed by atoms with van der Waals surface area (Å²) < 4.78 is 26.6. The molecular formula is C15H21ClN2O3S. The number of carbonyl (C=O) groups excluding carboxylic acids is 1. The molecule has 1 unspecified atom stereocenters. The van der Waals surface area contributed by atoms with Crippen molar-refractivity contribution in [3.63, 3.8) is 0 Å². The number of benzene rings is 1. The van der Waals surface area contributed by atoms with Crippen LogP contribution in [0.25, 0.3) is 0 Å². The van der Waals surface area contributed by atoms with Crippen LogP contribution < -0.4 is 4.72 Å². The molecule has 1 heterocycles. The fourth-order valence-corrected chi connectivity index (χ4v) is 3.76. The molecule has 1 fully saturated rings. The summed E-state index contributed by atoms with van der Waals surface area (Å²) in [6.45, 7) is 2.91. The standard InChI is InChI=1S/C15H21ClN2O3S/c1-12-4-2-3-11-18(12)15(19)9-10-17-22(20,21)14-7-5-13(16)6-8-14/h5-8,12,17H,2-4,9-11H2,1H3. The number of hydrogen-bond acceptors (Lipinski definition) is 3. The summed E-state index contributed by atoms with van der Waals surface area (Å²) in [5.74, 6) is 0.00556. The summed E-state index contributed by atoms with van der Waals surface area (Å²) in [5, 5.41) is 0.480. The van der Waals surface area contributed by atoms with E-state index in [1.807, 2.05) is 11.8 Å². The molecular weight excluding hydrogens is 324 g/mol. The minimum Gasteiger partial charge on any atom is -0.340 e. The quantitative estimate of drug-likeness (QED) is 0.892. The van der Waals surface area contributed by atoms with Gasteiger partial charge in [0.2, 0.25) is 15.9 Å². The molecule has 0 spiro atoms. The number of carbonyl (C=O) groups is 1. The van der Waals surface area contributed by atoms with Crippen LogP contribution in [0.2, 0.25) is 5.02 Å². The van der Waals surface area contributed by atoms with Crippen molar-refractivity contribution in [1.82, 2.24) is 9.62 Å². The summed E-state index contributed by atoms with van der Waals surface area (Å²) >= 11 is 5.74. The van der Waals surface area contributed by atoms with Gasteiger partial charge in [0.05, 0.1) is 4.90 Å². The van der Waals surface area contributed by atoms with Gasteiger partial charge < -0.3 is 4.90 Å². The van der Waals surface area contributed by atoms with Crippen LogP contribution in [-0.4, -0.2) is 38.4 Å². The van der Waals surface area contributed by atoms with Crippen molar-refractivity contribution in [1.29, 1.82) is 0 Å². The first kappa shape index (κ1) is 17.2. The number of rotatable bonds is 5. The molecule has 7 heteroatoms. The van der Waals surface area contributed by atoms with Gasteiger partial charge in [0, 0.05) is 30.6 Å². The van der Waals surface area contributed by atoms with Crippen LogP contribution in [0.15, 0.2) is 29.2 Å². The Morgan fingerprint density at radius 1 is 1.32 bits per heavy atom. The first-order valence-electron chi connectivity index (χ1n) is 7.45. The maximum absolute atomic E-state index is 12.1. The third-order valence-electron chi connectivity index (χ3n) is 3.88. The highest BCUT2D eigenvalue weighted by Crippen LogP contribution is 2.17. The van der Waals surface area contributed by atoms with Crippen LogP contribution in [0.4, 0.5) is 0 Å². The Bertz CT molecular complexity index is 616. The third kappa shape index (κ3) is 4.44. The van der Waals surface area contributed by atoms with Crippen LogP contribution in [0.5, 0.6) is 0 Å². The van der Waals surface area contributed by atoms with Gasteiger partial charge in [-0.3, -0.25) is 4.79 Å². The minimum absolute atomic E-state index is 0.00556. The number of hydrogen-bond donors (Lipinski definition) is 1. The van der Waals surface area contributed by atoms with Crippen LogP contribution >= 0.6 is 11.6 Å². The lowest BCUT2D eigenvalue weighted by Gasteiger charge is -2.33. The number of piperidine rings is 1. The van der Waals surface area contributed by atoms with Crippen molar-refractivity contribution >= 4 is 27.5 Å². The van der Waals surface area contributed by atoms with Crippen molar-refractivity contribution in [2.24, 2.45) is 0 Å². The van der Waals surface area contributed by atoms with E-state index in [0.29, 0.717) is 5.02 Å². The van der Waals surface area contributed by atoms with E-state index < -0.39 is 10.0 Å². The number of amides is 1. The largest absolute Gasteiger partial charge is 0.340 e. The lowest BCUT2D eigenvalue weighted by molar-refractivity contribution is -0.134. The number of halogens is 1. The zero-order valence-corrected chi connectivity index (χ0v) is 14.2. The smallest absolute Gasteiger partial charge is 0.240 e. The third-order valence-corrected chi connectivity index (χ3v) is 5.61. The van der Waals surface area contributed by atoms with Crippen LogP contribution in [0.3, 0.4) is 0 Å². The van der Waals surface area contributed by atoms with Crippen molar-refractivity contribution in [2.75, 3.05) is 13.1 Å². The van der Waals surface area contributed by atoms with Gasteiger partial charge in [-0.05, 0) is 50.5 Å². The van der Waals surface area contributed by atoms with Gasteiger partial charge in [-0.1, -0.05) is 11.6 Å². The summed E-state index contributed by atoms with van der Waals surface area (Å²) in [6.07, 6.45) is 3.36. The first-order chi connectivity index (χ1) is 10.4. The summed E-state index contributed by atoms with van der Waals surface area (Å²) in [6, 6.07) is 6.18. The van der Waals surface area contributed by atoms with Crippen LogP contribution in [-0.2, 0) is 14.8 Å². The van der Waals surface area contributed by atoms with E-state index in [9.17, 15) is 13.2 Å². The molecule has 1 aromatic carbocycles. The number of likely N-dealkylation sites (tertiary alicyclic amines) is 1. The molecule has 22 heavy (non-hydrogen) atoms. The van der Waals surface area contributed by atoms with Gasteiger partial charge in [0.15, 0.2) is 0 Å². The Balaban J connectivity index is 1.87. The molecule has 1 aliphatic heterocycles. The monoisotopic (exact) mass is 344 g/mol. The summed E-state index contributed by atoms with van der Waals surface area (Å²) in [7, 11) is -3.60. The van der Waals surface area contributed by atoms with Gasteiger partial charge in [0.1, 0.15) is 0 Å². The van der Waals surface area contributed by atoms with E-state index in [4.69, 9.17) is 11.6 Å². The first-order valence-corrected chi connectivity index (χ1v) is 9.31. The fourth-order valence-electron chi connectivity index (χ4n) is 2.60. The Morgan fingerprint density at radius 3 is 2.64 bits per heavy atom. The topological polar surface area (TPSA) is 66.5 Å². The maximum atomic E-state index is 12.1. The van der Waals surface area contributed by atoms with Gasteiger partial charge in [-0.2, -0.15) is 0 Å². The van der Waals surface area contributed by atoms with Crippen molar-refractivity contribution < 1.29 is 13.2 Å². The SMILES string of the molecule is CC1CCCCN1C(=O)CCNS(=O)(=O)c1ccc(Cl)cc1. The van der Waals surface area contributed by atoms with Gasteiger partial charge in [0.25, 0.3) is 0 Å². The van der Waals surface area contributed by atoms with Gasteiger partial charge in [-0.25, -0.2) is 13.1 Å². The van der Waals surface area contributed by atoms with Crippen molar-refractivity contribution in [3.8, 4) is 0 Å². The van der Waals surface area contributed by atoms with Crippen LogP contribution in [0.1, 0.15) is 32.6 Å². The molecule has 1 aromatic rings. The van der Waals surface area contributed by atoms with E-state index in [-0.39, 0.29) is 29.8 Å².